The number of carboxylic acid groups (broad SMARTS) is 1. The van der Waals surface area contributed by atoms with Gasteiger partial charge >= 0.3 is 17.5 Å². The molecule has 12 heteroatoms. The van der Waals surface area contributed by atoms with Crippen molar-refractivity contribution in [2.75, 3.05) is 26.9 Å². The molecule has 0 aliphatic carbocycles. The molecule has 2 atom stereocenters. The molecule has 2 aromatic rings. The summed E-state index contributed by atoms with van der Waals surface area (Å²) in [5.74, 6) is 1.87. The van der Waals surface area contributed by atoms with Gasteiger partial charge < -0.3 is 24.2 Å². The van der Waals surface area contributed by atoms with E-state index in [1.54, 1.807) is 7.11 Å². The van der Waals surface area contributed by atoms with Crippen LogP contribution in [0.2, 0.25) is 0 Å². The molecular weight excluding hydrogens is 514 g/mol. The highest BCUT2D eigenvalue weighted by atomic mass is 32.2. The average molecular weight is 550 g/mol. The van der Waals surface area contributed by atoms with Gasteiger partial charge in [-0.15, -0.1) is 0 Å². The molecule has 0 radical (unpaired) electrons. The first kappa shape index (κ1) is 28.1. The number of methoxy groups -OCH3 is 1. The van der Waals surface area contributed by atoms with Gasteiger partial charge in [-0.2, -0.15) is 4.21 Å². The normalized spacial score (nSPS) is 24.1. The van der Waals surface area contributed by atoms with E-state index in [0.717, 1.165) is 5.56 Å². The molecule has 1 amide bonds. The number of aromatic nitrogens is 2. The van der Waals surface area contributed by atoms with E-state index >= 15 is 0 Å². The van der Waals surface area contributed by atoms with Crippen LogP contribution in [0.3, 0.4) is 0 Å². The zero-order valence-electron chi connectivity index (χ0n) is 22.3. The first-order valence-corrected chi connectivity index (χ1v) is 13.6. The Labute approximate surface area is 225 Å². The minimum Gasteiger partial charge on any atom is -0.493 e. The maximum atomic E-state index is 11.7. The van der Waals surface area contributed by atoms with Crippen LogP contribution < -0.4 is 14.2 Å². The van der Waals surface area contributed by atoms with Gasteiger partial charge in [0.15, 0.2) is 11.5 Å². The van der Waals surface area contributed by atoms with Crippen molar-refractivity contribution < 1.29 is 36.7 Å². The van der Waals surface area contributed by atoms with Crippen molar-refractivity contribution in [2.24, 2.45) is 11.3 Å². The predicted octanol–water partition coefficient (Wildman–Crippen LogP) is 4.31. The van der Waals surface area contributed by atoms with Gasteiger partial charge in [0.05, 0.1) is 25.9 Å². The number of hydrogen-bond acceptors (Lipinski definition) is 9. The van der Waals surface area contributed by atoms with Crippen LogP contribution in [-0.2, 0) is 26.1 Å². The molecule has 0 spiro atoms. The van der Waals surface area contributed by atoms with Crippen LogP contribution in [0.15, 0.2) is 24.5 Å². The van der Waals surface area contributed by atoms with Crippen molar-refractivity contribution in [2.45, 2.75) is 59.1 Å². The molecule has 38 heavy (non-hydrogen) atoms. The highest BCUT2D eigenvalue weighted by Gasteiger charge is 2.39. The topological polar surface area (TPSA) is 130 Å². The van der Waals surface area contributed by atoms with Crippen LogP contribution in [0, 0.1) is 18.3 Å². The van der Waals surface area contributed by atoms with Crippen LogP contribution in [0.4, 0.5) is 4.79 Å². The summed E-state index contributed by atoms with van der Waals surface area (Å²) in [5.41, 5.74) is 1.41. The summed E-state index contributed by atoms with van der Waals surface area (Å²) in [5, 5.41) is 9.64. The molecule has 1 N–H and O–H groups in total. The van der Waals surface area contributed by atoms with E-state index in [1.165, 1.54) is 11.2 Å². The Morgan fingerprint density at radius 1 is 1.18 bits per heavy atom. The minimum atomic E-state index is -1.66. The van der Waals surface area contributed by atoms with Crippen LogP contribution in [-0.4, -0.2) is 69.3 Å². The molecule has 2 fully saturated rings. The largest absolute Gasteiger partial charge is 0.493 e. The number of hydrogen-bond donors (Lipinski definition) is 1. The third kappa shape index (κ3) is 6.72. The third-order valence-corrected chi connectivity index (χ3v) is 7.49. The number of likely N-dealkylation sites (tertiary alicyclic amines) is 1. The fraction of sp³-hybridized carbons (Fsp3) is 0.577. The Morgan fingerprint density at radius 2 is 1.89 bits per heavy atom. The molecule has 0 saturated carbocycles. The maximum absolute atomic E-state index is 11.7. The maximum Gasteiger partial charge on any atom is 0.407 e. The lowest BCUT2D eigenvalue weighted by atomic mass is 9.80. The Hall–Kier alpha value is -2.96. The number of carbonyl (C=O) groups is 1. The van der Waals surface area contributed by atoms with Crippen molar-refractivity contribution in [1.82, 2.24) is 14.9 Å². The van der Waals surface area contributed by atoms with E-state index in [0.29, 0.717) is 67.8 Å². The predicted molar refractivity (Wildman–Crippen MR) is 139 cm³/mol. The van der Waals surface area contributed by atoms with Gasteiger partial charge in [0.1, 0.15) is 12.4 Å². The second-order valence-electron chi connectivity index (χ2n) is 10.7. The zero-order valence-corrected chi connectivity index (χ0v) is 23.2. The number of amides is 1. The Morgan fingerprint density at radius 3 is 2.55 bits per heavy atom. The lowest BCUT2D eigenvalue weighted by Gasteiger charge is -2.44. The lowest BCUT2D eigenvalue weighted by Crippen LogP contribution is -2.53. The Balaban J connectivity index is 1.46. The first-order chi connectivity index (χ1) is 18.0. The SMILES string of the molecule is COc1cc(CC2COS(=O)OC2)ccc1Oc1ncnc(O[C@H]2CCN(C(=O)O)[C@H](C(C)(C)C)C2)c1C. The number of nitrogens with zero attached hydrogens (tertiary/aromatic N) is 3. The molecule has 2 aliphatic heterocycles. The van der Waals surface area contributed by atoms with Crippen molar-refractivity contribution in [1.29, 1.82) is 0 Å². The summed E-state index contributed by atoms with van der Waals surface area (Å²) < 4.78 is 39.3. The van der Waals surface area contributed by atoms with Crippen LogP contribution >= 0.6 is 0 Å². The summed E-state index contributed by atoms with van der Waals surface area (Å²) >= 11 is -1.66. The molecule has 2 saturated heterocycles. The molecule has 4 rings (SSSR count). The molecule has 3 heterocycles. The van der Waals surface area contributed by atoms with Gasteiger partial charge in [-0.3, -0.25) is 8.37 Å². The molecule has 1 aromatic carbocycles. The lowest BCUT2D eigenvalue weighted by molar-refractivity contribution is 0.0113. The number of benzene rings is 1. The zero-order chi connectivity index (χ0) is 27.4. The van der Waals surface area contributed by atoms with Gasteiger partial charge in [-0.05, 0) is 36.5 Å². The molecule has 208 valence electrons. The highest BCUT2D eigenvalue weighted by molar-refractivity contribution is 7.75. The van der Waals surface area contributed by atoms with Gasteiger partial charge in [0.2, 0.25) is 11.8 Å². The van der Waals surface area contributed by atoms with Gasteiger partial charge in [-0.25, -0.2) is 14.8 Å². The van der Waals surface area contributed by atoms with E-state index in [4.69, 9.17) is 22.6 Å². The van der Waals surface area contributed by atoms with Crippen LogP contribution in [0.25, 0.3) is 0 Å². The van der Waals surface area contributed by atoms with E-state index in [-0.39, 0.29) is 23.5 Å². The second-order valence-corrected chi connectivity index (χ2v) is 11.5. The number of rotatable bonds is 7. The second kappa shape index (κ2) is 11.8. The van der Waals surface area contributed by atoms with E-state index < -0.39 is 17.5 Å². The first-order valence-electron chi connectivity index (χ1n) is 12.6. The number of ether oxygens (including phenoxy) is 3. The quantitative estimate of drug-likeness (QED) is 0.533. The highest BCUT2D eigenvalue weighted by Crippen LogP contribution is 2.37. The average Bonchev–Trinajstić information content (AvgIpc) is 2.88. The van der Waals surface area contributed by atoms with Crippen molar-refractivity contribution in [3.8, 4) is 23.3 Å². The molecular formula is C26H35N3O8S. The molecule has 0 bridgehead atoms. The molecule has 11 nitrogen and oxygen atoms in total. The fourth-order valence-corrected chi connectivity index (χ4v) is 5.43. The summed E-state index contributed by atoms with van der Waals surface area (Å²) in [6.45, 7) is 9.06. The van der Waals surface area contributed by atoms with Crippen molar-refractivity contribution in [3.63, 3.8) is 0 Å². The summed E-state index contributed by atoms with van der Waals surface area (Å²) in [4.78, 5) is 21.9. The Bertz CT molecular complexity index is 1160. The summed E-state index contributed by atoms with van der Waals surface area (Å²) in [6.07, 6.45) is 2.11. The third-order valence-electron chi connectivity index (χ3n) is 6.83. The standard InChI is InChI=1S/C26H35N3O8S/c1-16-23(36-19-8-9-29(25(30)31)22(12-19)26(2,3)4)27-15-28-24(16)37-20-7-6-17(11-21(20)33-5)10-18-13-34-38(32)35-14-18/h6-7,11,15,18-19,22H,8-10,12-14H2,1-5H3,(H,30,31)/t18?,19-,22-,38?/m0/s1. The van der Waals surface area contributed by atoms with E-state index in [1.807, 2.05) is 45.9 Å². The summed E-state index contributed by atoms with van der Waals surface area (Å²) in [7, 11) is 1.57. The fourth-order valence-electron chi connectivity index (χ4n) is 4.75. The summed E-state index contributed by atoms with van der Waals surface area (Å²) in [6, 6.07) is 5.46. The van der Waals surface area contributed by atoms with Crippen LogP contribution in [0.5, 0.6) is 23.3 Å². The van der Waals surface area contributed by atoms with Gasteiger partial charge in [0.25, 0.3) is 0 Å². The van der Waals surface area contributed by atoms with Crippen molar-refractivity contribution >= 4 is 17.5 Å². The van der Waals surface area contributed by atoms with Crippen LogP contribution in [0.1, 0.15) is 44.7 Å². The van der Waals surface area contributed by atoms with Crippen molar-refractivity contribution in [3.05, 3.63) is 35.7 Å². The molecule has 0 unspecified atom stereocenters. The monoisotopic (exact) mass is 549 g/mol. The van der Waals surface area contributed by atoms with E-state index in [9.17, 15) is 14.1 Å². The van der Waals surface area contributed by atoms with Gasteiger partial charge in [0, 0.05) is 31.3 Å². The Kier molecular flexibility index (Phi) is 8.74. The molecule has 2 aliphatic rings. The smallest absolute Gasteiger partial charge is 0.407 e. The van der Waals surface area contributed by atoms with E-state index in [2.05, 4.69) is 9.97 Å². The minimum absolute atomic E-state index is 0.0910. The number of piperidine rings is 1. The molecule has 1 aromatic heterocycles. The van der Waals surface area contributed by atoms with Gasteiger partial charge in [-0.1, -0.05) is 26.8 Å².